The molecule has 0 heterocycles. The molecule has 0 bridgehead atoms. The zero-order valence-electron chi connectivity index (χ0n) is 19.9. The van der Waals surface area contributed by atoms with Crippen LogP contribution in [0.2, 0.25) is 0 Å². The fourth-order valence-electron chi connectivity index (χ4n) is 3.95. The number of ether oxygens (including phenoxy) is 1. The number of unbranched alkanes of at least 4 members (excludes halogenated alkanes) is 11. The number of hydrogen-bond acceptors (Lipinski definition) is 3. The third-order valence-corrected chi connectivity index (χ3v) is 5.93. The lowest BCUT2D eigenvalue weighted by atomic mass is 9.94. The van der Waals surface area contributed by atoms with E-state index >= 15 is 0 Å². The highest BCUT2D eigenvalue weighted by atomic mass is 16.5. The van der Waals surface area contributed by atoms with Gasteiger partial charge in [-0.25, -0.2) is 0 Å². The van der Waals surface area contributed by atoms with E-state index in [4.69, 9.17) is 4.74 Å². The van der Waals surface area contributed by atoms with Gasteiger partial charge in [0.25, 0.3) is 0 Å². The molecule has 0 rings (SSSR count). The summed E-state index contributed by atoms with van der Waals surface area (Å²) in [7, 11) is 3.92. The summed E-state index contributed by atoms with van der Waals surface area (Å²) in [5.41, 5.74) is 0. The van der Waals surface area contributed by atoms with Crippen molar-refractivity contribution in [3.05, 3.63) is 0 Å². The van der Waals surface area contributed by atoms with E-state index in [9.17, 15) is 4.79 Å². The molecule has 0 fully saturated rings. The zero-order chi connectivity index (χ0) is 21.0. The summed E-state index contributed by atoms with van der Waals surface area (Å²) in [5.74, 6) is 0.505. The van der Waals surface area contributed by atoms with Gasteiger partial charge in [-0.1, -0.05) is 104 Å². The highest BCUT2D eigenvalue weighted by Gasteiger charge is 2.21. The van der Waals surface area contributed by atoms with Gasteiger partial charge < -0.3 is 4.74 Å². The van der Waals surface area contributed by atoms with Gasteiger partial charge in [0, 0.05) is 0 Å². The first-order chi connectivity index (χ1) is 13.6. The maximum absolute atomic E-state index is 12.4. The lowest BCUT2D eigenvalue weighted by molar-refractivity contribution is -0.150. The average molecular weight is 398 g/mol. The molecule has 0 amide bonds. The van der Waals surface area contributed by atoms with Gasteiger partial charge in [0.05, 0.1) is 6.61 Å². The van der Waals surface area contributed by atoms with Crippen molar-refractivity contribution in [3.63, 3.8) is 0 Å². The molecule has 0 aliphatic carbocycles. The number of esters is 1. The Kier molecular flexibility index (Phi) is 19.3. The van der Waals surface area contributed by atoms with Gasteiger partial charge in [-0.15, -0.1) is 0 Å². The van der Waals surface area contributed by atoms with E-state index in [1.54, 1.807) is 0 Å². The predicted molar refractivity (Wildman–Crippen MR) is 123 cm³/mol. The van der Waals surface area contributed by atoms with Crippen LogP contribution in [0.1, 0.15) is 124 Å². The molecule has 2 unspecified atom stereocenters. The third-order valence-electron chi connectivity index (χ3n) is 5.93. The Bertz CT molecular complexity index is 343. The second-order valence-electron chi connectivity index (χ2n) is 8.85. The molecule has 168 valence electrons. The van der Waals surface area contributed by atoms with Gasteiger partial charge in [0.15, 0.2) is 0 Å². The Morgan fingerprint density at radius 2 is 1.14 bits per heavy atom. The summed E-state index contributed by atoms with van der Waals surface area (Å²) >= 11 is 0. The molecule has 0 aliphatic rings. The number of carbonyl (C=O) groups is 1. The van der Waals surface area contributed by atoms with Crippen LogP contribution in [0.4, 0.5) is 0 Å². The number of hydrogen-bond donors (Lipinski definition) is 0. The summed E-state index contributed by atoms with van der Waals surface area (Å²) in [6.45, 7) is 7.21. The summed E-state index contributed by atoms with van der Waals surface area (Å²) < 4.78 is 5.74. The largest absolute Gasteiger partial charge is 0.464 e. The molecule has 0 saturated heterocycles. The minimum atomic E-state index is -0.103. The van der Waals surface area contributed by atoms with Crippen LogP contribution in [0, 0.1) is 5.92 Å². The Morgan fingerprint density at radius 1 is 0.714 bits per heavy atom. The highest BCUT2D eigenvalue weighted by Crippen LogP contribution is 2.20. The van der Waals surface area contributed by atoms with Crippen molar-refractivity contribution < 1.29 is 9.53 Å². The predicted octanol–water partition coefficient (Wildman–Crippen LogP) is 7.38. The molecule has 2 atom stereocenters. The van der Waals surface area contributed by atoms with E-state index in [-0.39, 0.29) is 12.0 Å². The smallest absolute Gasteiger partial charge is 0.323 e. The Hall–Kier alpha value is -0.570. The van der Waals surface area contributed by atoms with Gasteiger partial charge >= 0.3 is 5.97 Å². The van der Waals surface area contributed by atoms with Crippen LogP contribution in [0.25, 0.3) is 0 Å². The fourth-order valence-corrected chi connectivity index (χ4v) is 3.95. The second-order valence-corrected chi connectivity index (χ2v) is 8.85. The topological polar surface area (TPSA) is 29.5 Å². The van der Waals surface area contributed by atoms with Crippen LogP contribution < -0.4 is 0 Å². The van der Waals surface area contributed by atoms with Crippen molar-refractivity contribution in [3.8, 4) is 0 Å². The Balaban J connectivity index is 4.21. The summed E-state index contributed by atoms with van der Waals surface area (Å²) in [6, 6.07) is -0.103. The quantitative estimate of drug-likeness (QED) is 0.158. The van der Waals surface area contributed by atoms with Gasteiger partial charge in [0.2, 0.25) is 0 Å². The summed E-state index contributed by atoms with van der Waals surface area (Å²) in [6.07, 6.45) is 20.7. The maximum atomic E-state index is 12.4. The first kappa shape index (κ1) is 27.4. The Labute approximate surface area is 177 Å². The van der Waals surface area contributed by atoms with Crippen molar-refractivity contribution in [1.29, 1.82) is 0 Å². The van der Waals surface area contributed by atoms with E-state index in [1.807, 2.05) is 19.0 Å². The van der Waals surface area contributed by atoms with Gasteiger partial charge in [0.1, 0.15) is 6.04 Å². The highest BCUT2D eigenvalue weighted by molar-refractivity contribution is 5.75. The zero-order valence-corrected chi connectivity index (χ0v) is 19.9. The molecule has 0 aromatic carbocycles. The molecular weight excluding hydrogens is 346 g/mol. The lowest BCUT2D eigenvalue weighted by Crippen LogP contribution is -2.37. The van der Waals surface area contributed by atoms with Gasteiger partial charge in [-0.2, -0.15) is 0 Å². The molecule has 0 saturated carbocycles. The van der Waals surface area contributed by atoms with Crippen molar-refractivity contribution in [2.45, 2.75) is 130 Å². The summed E-state index contributed by atoms with van der Waals surface area (Å²) in [4.78, 5) is 14.4. The van der Waals surface area contributed by atoms with Crippen LogP contribution in [-0.4, -0.2) is 37.6 Å². The van der Waals surface area contributed by atoms with Crippen LogP contribution in [0.15, 0.2) is 0 Å². The minimum absolute atomic E-state index is 0.0417. The van der Waals surface area contributed by atoms with Crippen molar-refractivity contribution in [1.82, 2.24) is 4.90 Å². The van der Waals surface area contributed by atoms with Gasteiger partial charge in [-0.3, -0.25) is 9.69 Å². The van der Waals surface area contributed by atoms with Crippen LogP contribution in [0.3, 0.4) is 0 Å². The third kappa shape index (κ3) is 15.4. The van der Waals surface area contributed by atoms with Crippen molar-refractivity contribution >= 4 is 5.97 Å². The van der Waals surface area contributed by atoms with E-state index in [2.05, 4.69) is 20.8 Å². The van der Waals surface area contributed by atoms with Crippen molar-refractivity contribution in [2.75, 3.05) is 20.7 Å². The first-order valence-corrected chi connectivity index (χ1v) is 12.4. The fraction of sp³-hybridized carbons (Fsp3) is 0.960. The SMILES string of the molecule is CCCCCCCCCC(CCCCCCCC)COC(=O)C(CC)N(C)C. The molecule has 0 radical (unpaired) electrons. The maximum Gasteiger partial charge on any atom is 0.323 e. The first-order valence-electron chi connectivity index (χ1n) is 12.4. The molecule has 3 heteroatoms. The van der Waals surface area contributed by atoms with Crippen molar-refractivity contribution in [2.24, 2.45) is 5.92 Å². The molecular formula is C25H51NO2. The number of carbonyl (C=O) groups excluding carboxylic acids is 1. The van der Waals surface area contributed by atoms with E-state index < -0.39 is 0 Å². The normalized spacial score (nSPS) is 13.6. The second kappa shape index (κ2) is 19.7. The lowest BCUT2D eigenvalue weighted by Gasteiger charge is -2.23. The molecule has 3 nitrogen and oxygen atoms in total. The standard InChI is InChI=1S/C25H51NO2/c1-6-9-11-13-15-17-19-21-23(20-18-16-14-12-10-7-2)22-28-25(27)24(8-3)26(4)5/h23-24H,6-22H2,1-5H3. The monoisotopic (exact) mass is 397 g/mol. The van der Waals surface area contributed by atoms with Crippen LogP contribution in [-0.2, 0) is 9.53 Å². The van der Waals surface area contributed by atoms with E-state index in [1.165, 1.54) is 96.3 Å². The van der Waals surface area contributed by atoms with E-state index in [0.29, 0.717) is 12.5 Å². The number of likely N-dealkylation sites (N-methyl/N-ethyl adjacent to an activating group) is 1. The van der Waals surface area contributed by atoms with Crippen LogP contribution in [0.5, 0.6) is 0 Å². The molecule has 0 N–H and O–H groups in total. The molecule has 28 heavy (non-hydrogen) atoms. The molecule has 0 aliphatic heterocycles. The molecule has 0 aromatic rings. The Morgan fingerprint density at radius 3 is 1.54 bits per heavy atom. The number of nitrogens with zero attached hydrogens (tertiary/aromatic N) is 1. The summed E-state index contributed by atoms with van der Waals surface area (Å²) in [5, 5.41) is 0. The average Bonchev–Trinajstić information content (AvgIpc) is 2.67. The van der Waals surface area contributed by atoms with E-state index in [0.717, 1.165) is 6.42 Å². The minimum Gasteiger partial charge on any atom is -0.464 e. The van der Waals surface area contributed by atoms with Gasteiger partial charge in [-0.05, 0) is 39.3 Å². The molecule has 0 aromatic heterocycles. The van der Waals surface area contributed by atoms with Crippen LogP contribution >= 0.6 is 0 Å². The molecule has 0 spiro atoms. The number of rotatable bonds is 20.